The highest BCUT2D eigenvalue weighted by Gasteiger charge is 2.20. The number of amides is 1. The lowest BCUT2D eigenvalue weighted by molar-refractivity contribution is -0.131. The molecule has 7 heteroatoms. The highest BCUT2D eigenvalue weighted by Crippen LogP contribution is 2.24. The summed E-state index contributed by atoms with van der Waals surface area (Å²) in [6.45, 7) is 3.00. The number of benzene rings is 2. The minimum Gasteiger partial charge on any atom is -0.338 e. The van der Waals surface area contributed by atoms with Gasteiger partial charge in [-0.15, -0.1) is 0 Å². The van der Waals surface area contributed by atoms with Crippen LogP contribution in [0.15, 0.2) is 42.5 Å². The maximum Gasteiger partial charge on any atom is 0.236 e. The maximum atomic E-state index is 13.2. The van der Waals surface area contributed by atoms with Crippen LogP contribution in [0.4, 0.5) is 10.1 Å². The molecule has 0 unspecified atom stereocenters. The van der Waals surface area contributed by atoms with E-state index in [0.29, 0.717) is 30.8 Å². The molecule has 0 spiro atoms. The molecule has 0 fully saturated rings. The van der Waals surface area contributed by atoms with Gasteiger partial charge in [-0.25, -0.2) is 12.8 Å². The molecular weight excluding hydrogens is 355 g/mol. The Kier molecular flexibility index (Phi) is 5.27. The van der Waals surface area contributed by atoms with Crippen LogP contribution in [0.1, 0.15) is 30.0 Å². The predicted molar refractivity (Wildman–Crippen MR) is 98.5 cm³/mol. The van der Waals surface area contributed by atoms with Crippen molar-refractivity contribution in [1.82, 2.24) is 4.90 Å². The Morgan fingerprint density at radius 3 is 2.73 bits per heavy atom. The van der Waals surface area contributed by atoms with Crippen molar-refractivity contribution in [2.24, 2.45) is 0 Å². The number of nitrogens with one attached hydrogen (secondary N) is 1. The topological polar surface area (TPSA) is 66.5 Å². The summed E-state index contributed by atoms with van der Waals surface area (Å²) in [5.41, 5.74) is 2.91. The van der Waals surface area contributed by atoms with E-state index in [1.54, 1.807) is 23.1 Å². The van der Waals surface area contributed by atoms with E-state index in [0.717, 1.165) is 17.5 Å². The van der Waals surface area contributed by atoms with Crippen LogP contribution in [-0.2, 0) is 33.5 Å². The van der Waals surface area contributed by atoms with E-state index in [9.17, 15) is 17.6 Å². The van der Waals surface area contributed by atoms with Crippen LogP contribution < -0.4 is 4.72 Å². The minimum absolute atomic E-state index is 0.0905. The summed E-state index contributed by atoms with van der Waals surface area (Å²) in [6.07, 6.45) is 1.21. The van der Waals surface area contributed by atoms with Gasteiger partial charge in [0.25, 0.3) is 0 Å². The van der Waals surface area contributed by atoms with E-state index < -0.39 is 15.8 Å². The van der Waals surface area contributed by atoms with Crippen LogP contribution >= 0.6 is 0 Å². The second kappa shape index (κ2) is 7.45. The highest BCUT2D eigenvalue weighted by molar-refractivity contribution is 7.91. The third-order valence-electron chi connectivity index (χ3n) is 4.39. The van der Waals surface area contributed by atoms with E-state index in [-0.39, 0.29) is 11.7 Å². The van der Waals surface area contributed by atoms with Crippen LogP contribution in [0.25, 0.3) is 0 Å². The molecule has 0 bridgehead atoms. The molecule has 1 amide bonds. The summed E-state index contributed by atoms with van der Waals surface area (Å²) in [4.78, 5) is 13.7. The zero-order valence-electron chi connectivity index (χ0n) is 14.5. The fourth-order valence-corrected chi connectivity index (χ4v) is 4.30. The van der Waals surface area contributed by atoms with Crippen molar-refractivity contribution in [3.8, 4) is 0 Å². The average Bonchev–Trinajstić information content (AvgIpc) is 2.59. The number of hydrogen-bond acceptors (Lipinski definition) is 3. The number of anilines is 1. The number of rotatable bonds is 5. The number of carbonyl (C=O) groups excluding carboxylic acids is 1. The van der Waals surface area contributed by atoms with Gasteiger partial charge in [0.2, 0.25) is 15.9 Å². The summed E-state index contributed by atoms with van der Waals surface area (Å²) < 4.78 is 40.5. The van der Waals surface area contributed by atoms with Crippen molar-refractivity contribution in [2.75, 3.05) is 11.3 Å². The largest absolute Gasteiger partial charge is 0.338 e. The quantitative estimate of drug-likeness (QED) is 0.872. The second-order valence-electron chi connectivity index (χ2n) is 6.39. The Labute approximate surface area is 152 Å². The molecule has 2 aromatic carbocycles. The number of fused-ring (bicyclic) bond motifs is 1. The van der Waals surface area contributed by atoms with Crippen molar-refractivity contribution in [2.45, 2.75) is 32.1 Å². The van der Waals surface area contributed by atoms with Gasteiger partial charge < -0.3 is 4.90 Å². The molecule has 138 valence electrons. The molecule has 1 aliphatic rings. The number of halogens is 1. The van der Waals surface area contributed by atoms with E-state index in [1.165, 1.54) is 18.2 Å². The Morgan fingerprint density at radius 1 is 1.19 bits per heavy atom. The molecule has 2 aromatic rings. The zero-order chi connectivity index (χ0) is 18.7. The number of nitrogens with zero attached hydrogens (tertiary/aromatic N) is 1. The van der Waals surface area contributed by atoms with E-state index in [1.807, 2.05) is 13.0 Å². The molecule has 5 nitrogen and oxygen atoms in total. The van der Waals surface area contributed by atoms with E-state index in [4.69, 9.17) is 0 Å². The van der Waals surface area contributed by atoms with E-state index in [2.05, 4.69) is 4.72 Å². The molecule has 0 saturated heterocycles. The standard InChI is InChI=1S/C19H21FN2O3S/c1-2-19(23)22-9-8-15-6-7-18(11-16(15)12-22)21-26(24,25)13-14-4-3-5-17(20)10-14/h3-7,10-11,21H,2,8-9,12-13H2,1H3. The first kappa shape index (κ1) is 18.4. The maximum absolute atomic E-state index is 13.2. The second-order valence-corrected chi connectivity index (χ2v) is 8.12. The number of carbonyl (C=O) groups is 1. The number of hydrogen-bond donors (Lipinski definition) is 1. The lowest BCUT2D eigenvalue weighted by atomic mass is 9.99. The van der Waals surface area contributed by atoms with Crippen molar-refractivity contribution < 1.29 is 17.6 Å². The van der Waals surface area contributed by atoms with Crippen LogP contribution in [0.2, 0.25) is 0 Å². The summed E-state index contributed by atoms with van der Waals surface area (Å²) in [7, 11) is -3.66. The van der Waals surface area contributed by atoms with Crippen LogP contribution in [0.3, 0.4) is 0 Å². The van der Waals surface area contributed by atoms with Crippen LogP contribution in [0, 0.1) is 5.82 Å². The fraction of sp³-hybridized carbons (Fsp3) is 0.316. The Balaban J connectivity index is 1.75. The summed E-state index contributed by atoms with van der Waals surface area (Å²) >= 11 is 0. The van der Waals surface area contributed by atoms with E-state index >= 15 is 0 Å². The SMILES string of the molecule is CCC(=O)N1CCc2ccc(NS(=O)(=O)Cc3cccc(F)c3)cc2C1. The van der Waals surface area contributed by atoms with Crippen molar-refractivity contribution >= 4 is 21.6 Å². The first-order valence-corrected chi connectivity index (χ1v) is 10.2. The van der Waals surface area contributed by atoms with Gasteiger partial charge in [0, 0.05) is 25.2 Å². The van der Waals surface area contributed by atoms with Gasteiger partial charge in [0.15, 0.2) is 0 Å². The van der Waals surface area contributed by atoms with Gasteiger partial charge in [-0.05, 0) is 47.4 Å². The molecule has 1 heterocycles. The smallest absolute Gasteiger partial charge is 0.236 e. The molecule has 0 saturated carbocycles. The molecule has 1 aliphatic heterocycles. The first-order chi connectivity index (χ1) is 12.4. The molecule has 0 atom stereocenters. The Morgan fingerprint density at radius 2 is 2.00 bits per heavy atom. The molecule has 1 N–H and O–H groups in total. The van der Waals surface area contributed by atoms with Crippen molar-refractivity contribution in [1.29, 1.82) is 0 Å². The molecule has 0 radical (unpaired) electrons. The van der Waals surface area contributed by atoms with Gasteiger partial charge in [-0.3, -0.25) is 9.52 Å². The van der Waals surface area contributed by atoms with Crippen LogP contribution in [0.5, 0.6) is 0 Å². The lowest BCUT2D eigenvalue weighted by Gasteiger charge is -2.29. The van der Waals surface area contributed by atoms with Gasteiger partial charge in [0.05, 0.1) is 5.75 Å². The van der Waals surface area contributed by atoms with Crippen molar-refractivity contribution in [3.63, 3.8) is 0 Å². The zero-order valence-corrected chi connectivity index (χ0v) is 15.4. The Hall–Kier alpha value is -2.41. The lowest BCUT2D eigenvalue weighted by Crippen LogP contribution is -2.35. The fourth-order valence-electron chi connectivity index (χ4n) is 3.12. The van der Waals surface area contributed by atoms with Crippen LogP contribution in [-0.4, -0.2) is 25.8 Å². The van der Waals surface area contributed by atoms with Gasteiger partial charge in [-0.1, -0.05) is 25.1 Å². The normalized spacial score (nSPS) is 14.0. The van der Waals surface area contributed by atoms with Gasteiger partial charge in [0.1, 0.15) is 5.82 Å². The molecule has 3 rings (SSSR count). The molecule has 26 heavy (non-hydrogen) atoms. The summed E-state index contributed by atoms with van der Waals surface area (Å²) in [5, 5.41) is 0. The average molecular weight is 376 g/mol. The first-order valence-electron chi connectivity index (χ1n) is 8.51. The Bertz CT molecular complexity index is 928. The molecular formula is C19H21FN2O3S. The third kappa shape index (κ3) is 4.40. The molecule has 0 aliphatic carbocycles. The summed E-state index contributed by atoms with van der Waals surface area (Å²) in [6, 6.07) is 10.9. The van der Waals surface area contributed by atoms with Gasteiger partial charge in [-0.2, -0.15) is 0 Å². The molecule has 0 aromatic heterocycles. The minimum atomic E-state index is -3.66. The predicted octanol–water partition coefficient (Wildman–Crippen LogP) is 3.06. The number of sulfonamides is 1. The van der Waals surface area contributed by atoms with Crippen molar-refractivity contribution in [3.05, 3.63) is 65.0 Å². The highest BCUT2D eigenvalue weighted by atomic mass is 32.2. The summed E-state index contributed by atoms with van der Waals surface area (Å²) in [5.74, 6) is -0.678. The van der Waals surface area contributed by atoms with Gasteiger partial charge >= 0.3 is 0 Å². The monoisotopic (exact) mass is 376 g/mol. The third-order valence-corrected chi connectivity index (χ3v) is 5.65.